The van der Waals surface area contributed by atoms with Crippen LogP contribution in [0.15, 0.2) is 17.1 Å². The van der Waals surface area contributed by atoms with Crippen molar-refractivity contribution in [3.8, 4) is 0 Å². The Morgan fingerprint density at radius 1 is 1.42 bits per heavy atom. The van der Waals surface area contributed by atoms with E-state index in [-0.39, 0.29) is 5.56 Å². The fourth-order valence-electron chi connectivity index (χ4n) is 1.21. The van der Waals surface area contributed by atoms with E-state index in [1.807, 2.05) is 4.68 Å². The fraction of sp³-hybridized carbons (Fsp3) is 0.667. The van der Waals surface area contributed by atoms with Gasteiger partial charge in [-0.05, 0) is 6.42 Å². The molecule has 0 aliphatic rings. The number of rotatable bonds is 5. The first kappa shape index (κ1) is 9.10. The number of nitrogens with zero attached hydrogens (tertiary/aromatic N) is 1. The summed E-state index contributed by atoms with van der Waals surface area (Å²) in [7, 11) is 0. The van der Waals surface area contributed by atoms with Crippen molar-refractivity contribution >= 4 is 0 Å². The molecule has 0 saturated carbocycles. The molecule has 0 bridgehead atoms. The van der Waals surface area contributed by atoms with Gasteiger partial charge in [0.15, 0.2) is 0 Å². The van der Waals surface area contributed by atoms with Crippen molar-refractivity contribution in [2.24, 2.45) is 0 Å². The topological polar surface area (TPSA) is 37.8 Å². The summed E-state index contributed by atoms with van der Waals surface area (Å²) in [6.07, 6.45) is 6.73. The average Bonchev–Trinajstić information content (AvgIpc) is 2.45. The van der Waals surface area contributed by atoms with Crippen molar-refractivity contribution in [1.29, 1.82) is 0 Å². The van der Waals surface area contributed by atoms with E-state index in [9.17, 15) is 4.79 Å². The van der Waals surface area contributed by atoms with Crippen LogP contribution in [0, 0.1) is 0 Å². The minimum Gasteiger partial charge on any atom is -0.292 e. The van der Waals surface area contributed by atoms with Gasteiger partial charge in [-0.1, -0.05) is 26.2 Å². The molecule has 0 atom stereocenters. The molecule has 0 aliphatic heterocycles. The highest BCUT2D eigenvalue weighted by atomic mass is 16.1. The molecule has 0 aromatic carbocycles. The molecule has 1 rings (SSSR count). The van der Waals surface area contributed by atoms with Crippen LogP contribution in [0.2, 0.25) is 0 Å². The molecule has 1 aromatic rings. The molecule has 3 heteroatoms. The average molecular weight is 168 g/mol. The van der Waals surface area contributed by atoms with E-state index >= 15 is 0 Å². The number of nitrogens with one attached hydrogen (secondary N) is 1. The molecule has 0 saturated heterocycles. The number of H-pyrrole nitrogens is 1. The smallest absolute Gasteiger partial charge is 0.264 e. The highest BCUT2D eigenvalue weighted by Crippen LogP contribution is 1.99. The van der Waals surface area contributed by atoms with Gasteiger partial charge < -0.3 is 0 Å². The number of hydrogen-bond donors (Lipinski definition) is 1. The molecule has 0 spiro atoms. The van der Waals surface area contributed by atoms with Crippen LogP contribution in [0.3, 0.4) is 0 Å². The second-order valence-electron chi connectivity index (χ2n) is 3.05. The highest BCUT2D eigenvalue weighted by molar-refractivity contribution is 4.79. The number of unbranched alkanes of at least 4 members (excludes halogenated alkanes) is 3. The van der Waals surface area contributed by atoms with Crippen LogP contribution in [0.25, 0.3) is 0 Å². The summed E-state index contributed by atoms with van der Waals surface area (Å²) in [5, 5.41) is 2.71. The van der Waals surface area contributed by atoms with Crippen molar-refractivity contribution < 1.29 is 0 Å². The molecule has 12 heavy (non-hydrogen) atoms. The zero-order chi connectivity index (χ0) is 8.81. The van der Waals surface area contributed by atoms with Crippen LogP contribution < -0.4 is 5.56 Å². The predicted molar refractivity (Wildman–Crippen MR) is 49.2 cm³/mol. The first-order valence-electron chi connectivity index (χ1n) is 4.58. The Bertz CT molecular complexity index is 261. The van der Waals surface area contributed by atoms with Crippen LogP contribution in [0.4, 0.5) is 0 Å². The lowest BCUT2D eigenvalue weighted by Crippen LogP contribution is -2.05. The number of aromatic amines is 1. The Hall–Kier alpha value is -0.990. The Morgan fingerprint density at radius 3 is 2.83 bits per heavy atom. The molecule has 68 valence electrons. The minimum atomic E-state index is -0.00880. The molecule has 0 unspecified atom stereocenters. The quantitative estimate of drug-likeness (QED) is 0.668. The van der Waals surface area contributed by atoms with Crippen LogP contribution >= 0.6 is 0 Å². The van der Waals surface area contributed by atoms with Crippen molar-refractivity contribution in [2.75, 3.05) is 0 Å². The SMILES string of the molecule is CCCCCCn1ccc(=O)[nH]1. The van der Waals surface area contributed by atoms with Gasteiger partial charge >= 0.3 is 0 Å². The molecule has 0 aliphatic carbocycles. The predicted octanol–water partition coefficient (Wildman–Crippen LogP) is 1.76. The highest BCUT2D eigenvalue weighted by Gasteiger charge is 1.91. The van der Waals surface area contributed by atoms with E-state index in [0.29, 0.717) is 0 Å². The van der Waals surface area contributed by atoms with Gasteiger partial charge in [-0.25, -0.2) is 0 Å². The summed E-state index contributed by atoms with van der Waals surface area (Å²) in [6.45, 7) is 3.12. The largest absolute Gasteiger partial charge is 0.292 e. The van der Waals surface area contributed by atoms with E-state index in [1.165, 1.54) is 19.3 Å². The Balaban J connectivity index is 2.20. The van der Waals surface area contributed by atoms with Gasteiger partial charge in [0.25, 0.3) is 5.56 Å². The van der Waals surface area contributed by atoms with Gasteiger partial charge in [-0.3, -0.25) is 14.6 Å². The third-order valence-electron chi connectivity index (χ3n) is 1.91. The van der Waals surface area contributed by atoms with Crippen molar-refractivity contribution in [3.05, 3.63) is 22.6 Å². The maximum Gasteiger partial charge on any atom is 0.264 e. The second kappa shape index (κ2) is 4.80. The van der Waals surface area contributed by atoms with Gasteiger partial charge in [0.05, 0.1) is 0 Å². The summed E-state index contributed by atoms with van der Waals surface area (Å²) in [4.78, 5) is 10.7. The summed E-state index contributed by atoms with van der Waals surface area (Å²) >= 11 is 0. The van der Waals surface area contributed by atoms with E-state index in [1.54, 1.807) is 12.3 Å². The number of aryl methyl sites for hydroxylation is 1. The maximum absolute atomic E-state index is 10.7. The molecular formula is C9H16N2O. The molecule has 0 amide bonds. The Morgan fingerprint density at radius 2 is 2.25 bits per heavy atom. The first-order chi connectivity index (χ1) is 5.83. The van der Waals surface area contributed by atoms with Crippen LogP contribution in [0.1, 0.15) is 32.6 Å². The Kier molecular flexibility index (Phi) is 3.64. The van der Waals surface area contributed by atoms with Crippen molar-refractivity contribution in [2.45, 2.75) is 39.2 Å². The zero-order valence-electron chi connectivity index (χ0n) is 7.55. The molecular weight excluding hydrogens is 152 g/mol. The lowest BCUT2D eigenvalue weighted by Gasteiger charge is -2.00. The minimum absolute atomic E-state index is 0.00880. The van der Waals surface area contributed by atoms with Gasteiger partial charge in [0.1, 0.15) is 0 Å². The molecule has 1 heterocycles. The third kappa shape index (κ3) is 2.95. The van der Waals surface area contributed by atoms with Gasteiger partial charge in [-0.2, -0.15) is 0 Å². The molecule has 0 fully saturated rings. The summed E-state index contributed by atoms with van der Waals surface area (Å²) < 4.78 is 1.85. The van der Waals surface area contributed by atoms with Crippen LogP contribution in [-0.4, -0.2) is 9.78 Å². The zero-order valence-corrected chi connectivity index (χ0v) is 7.55. The first-order valence-corrected chi connectivity index (χ1v) is 4.58. The molecule has 1 aromatic heterocycles. The van der Waals surface area contributed by atoms with E-state index in [4.69, 9.17) is 0 Å². The van der Waals surface area contributed by atoms with Gasteiger partial charge in [0.2, 0.25) is 0 Å². The number of aromatic nitrogens is 2. The second-order valence-corrected chi connectivity index (χ2v) is 3.05. The monoisotopic (exact) mass is 168 g/mol. The van der Waals surface area contributed by atoms with Crippen molar-refractivity contribution in [3.63, 3.8) is 0 Å². The summed E-state index contributed by atoms with van der Waals surface area (Å²) in [5.74, 6) is 0. The lowest BCUT2D eigenvalue weighted by atomic mass is 10.2. The summed E-state index contributed by atoms with van der Waals surface area (Å²) in [5.41, 5.74) is -0.00880. The Labute approximate surface area is 72.4 Å². The maximum atomic E-state index is 10.7. The normalized spacial score (nSPS) is 10.4. The van der Waals surface area contributed by atoms with Crippen molar-refractivity contribution in [1.82, 2.24) is 9.78 Å². The van der Waals surface area contributed by atoms with Crippen LogP contribution in [-0.2, 0) is 6.54 Å². The molecule has 0 radical (unpaired) electrons. The van der Waals surface area contributed by atoms with E-state index < -0.39 is 0 Å². The fourth-order valence-corrected chi connectivity index (χ4v) is 1.21. The number of hydrogen-bond acceptors (Lipinski definition) is 1. The molecule has 1 N–H and O–H groups in total. The molecule has 3 nitrogen and oxygen atoms in total. The third-order valence-corrected chi connectivity index (χ3v) is 1.91. The standard InChI is InChI=1S/C9H16N2O/c1-2-3-4-5-7-11-8-6-9(12)10-11/h6,8H,2-5,7H2,1H3,(H,10,12). The van der Waals surface area contributed by atoms with Gasteiger partial charge in [-0.15, -0.1) is 0 Å². The van der Waals surface area contributed by atoms with Crippen LogP contribution in [0.5, 0.6) is 0 Å². The van der Waals surface area contributed by atoms with E-state index in [0.717, 1.165) is 13.0 Å². The summed E-state index contributed by atoms with van der Waals surface area (Å²) in [6, 6.07) is 1.56. The lowest BCUT2D eigenvalue weighted by molar-refractivity contribution is 0.538. The van der Waals surface area contributed by atoms with Gasteiger partial charge in [0, 0.05) is 18.8 Å². The van der Waals surface area contributed by atoms with E-state index in [2.05, 4.69) is 12.0 Å².